The molecule has 0 aliphatic heterocycles. The molecule has 0 spiro atoms. The van der Waals surface area contributed by atoms with E-state index in [1.807, 2.05) is 50.2 Å². The van der Waals surface area contributed by atoms with Crippen molar-refractivity contribution in [2.24, 2.45) is 0 Å². The van der Waals surface area contributed by atoms with Gasteiger partial charge in [0.1, 0.15) is 12.3 Å². The molecule has 186 valence electrons. The van der Waals surface area contributed by atoms with Crippen LogP contribution in [0.3, 0.4) is 0 Å². The van der Waals surface area contributed by atoms with Crippen molar-refractivity contribution in [3.8, 4) is 5.75 Å². The van der Waals surface area contributed by atoms with Gasteiger partial charge < -0.3 is 10.1 Å². The minimum Gasteiger partial charge on any atom is -0.494 e. The van der Waals surface area contributed by atoms with Crippen molar-refractivity contribution in [1.82, 2.24) is 5.32 Å². The smallest absolute Gasteiger partial charge is 0.264 e. The molecule has 0 fully saturated rings. The third-order valence-electron chi connectivity index (χ3n) is 5.06. The van der Waals surface area contributed by atoms with Crippen LogP contribution in [0.25, 0.3) is 0 Å². The third-order valence-corrected chi connectivity index (χ3v) is 8.20. The largest absolute Gasteiger partial charge is 0.494 e. The standard InChI is InChI=1S/C26H29ClN2O4S2/c1-3-33-23-11-15-25(16-12-23)35(31,32)29(22-9-5-20(2)6-10-22)19-26(30)28-17-4-18-34-24-13-7-21(27)8-14-24/h5-16H,3-4,17-19H2,1-2H3,(H,28,30). The Hall–Kier alpha value is -2.68. The van der Waals surface area contributed by atoms with Gasteiger partial charge in [-0.2, -0.15) is 0 Å². The normalized spacial score (nSPS) is 11.2. The monoisotopic (exact) mass is 532 g/mol. The van der Waals surface area contributed by atoms with E-state index in [-0.39, 0.29) is 17.3 Å². The first kappa shape index (κ1) is 26.9. The minimum absolute atomic E-state index is 0.0914. The molecular formula is C26H29ClN2O4S2. The van der Waals surface area contributed by atoms with Crippen LogP contribution in [0.15, 0.2) is 82.6 Å². The quantitative estimate of drug-likeness (QED) is 0.245. The van der Waals surface area contributed by atoms with Gasteiger partial charge in [-0.15, -0.1) is 11.8 Å². The molecule has 0 radical (unpaired) electrons. The van der Waals surface area contributed by atoms with Crippen LogP contribution in [0.1, 0.15) is 18.9 Å². The molecule has 1 N–H and O–H groups in total. The van der Waals surface area contributed by atoms with Gasteiger partial charge in [0.2, 0.25) is 5.91 Å². The first-order valence-electron chi connectivity index (χ1n) is 11.3. The number of carbonyl (C=O) groups is 1. The van der Waals surface area contributed by atoms with Crippen LogP contribution in [0, 0.1) is 6.92 Å². The highest BCUT2D eigenvalue weighted by Crippen LogP contribution is 2.26. The number of nitrogens with zero attached hydrogens (tertiary/aromatic N) is 1. The van der Waals surface area contributed by atoms with Gasteiger partial charge in [-0.3, -0.25) is 9.10 Å². The van der Waals surface area contributed by atoms with Crippen LogP contribution in [-0.4, -0.2) is 39.8 Å². The number of rotatable bonds is 12. The van der Waals surface area contributed by atoms with Crippen molar-refractivity contribution >= 4 is 45.0 Å². The highest BCUT2D eigenvalue weighted by molar-refractivity contribution is 7.99. The summed E-state index contributed by atoms with van der Waals surface area (Å²) in [7, 11) is -3.97. The zero-order valence-electron chi connectivity index (χ0n) is 19.7. The summed E-state index contributed by atoms with van der Waals surface area (Å²) in [4.78, 5) is 13.9. The number of amides is 1. The van der Waals surface area contributed by atoms with Crippen molar-refractivity contribution in [3.05, 3.63) is 83.4 Å². The number of hydrogen-bond acceptors (Lipinski definition) is 5. The zero-order chi connectivity index (χ0) is 25.3. The second-order valence-corrected chi connectivity index (χ2v) is 11.2. The number of anilines is 1. The van der Waals surface area contributed by atoms with Crippen LogP contribution >= 0.6 is 23.4 Å². The van der Waals surface area contributed by atoms with E-state index in [2.05, 4.69) is 5.32 Å². The van der Waals surface area contributed by atoms with Crippen molar-refractivity contribution in [1.29, 1.82) is 0 Å². The molecule has 0 heterocycles. The molecule has 0 unspecified atom stereocenters. The Labute approximate surface area is 216 Å². The van der Waals surface area contributed by atoms with Crippen molar-refractivity contribution in [2.75, 3.05) is 29.8 Å². The second kappa shape index (κ2) is 12.9. The predicted octanol–water partition coefficient (Wildman–Crippen LogP) is 5.54. The fourth-order valence-corrected chi connectivity index (χ4v) is 5.63. The highest BCUT2D eigenvalue weighted by atomic mass is 35.5. The molecule has 9 heteroatoms. The van der Waals surface area contributed by atoms with Gasteiger partial charge in [-0.25, -0.2) is 8.42 Å². The summed E-state index contributed by atoms with van der Waals surface area (Å²) in [5.74, 6) is 1.03. The maximum Gasteiger partial charge on any atom is 0.264 e. The van der Waals surface area contributed by atoms with Crippen LogP contribution in [0.4, 0.5) is 5.69 Å². The lowest BCUT2D eigenvalue weighted by atomic mass is 10.2. The maximum absolute atomic E-state index is 13.5. The van der Waals surface area contributed by atoms with Crippen molar-refractivity contribution in [3.63, 3.8) is 0 Å². The Morgan fingerprint density at radius 1 is 1.00 bits per heavy atom. The maximum atomic E-state index is 13.5. The van der Waals surface area contributed by atoms with Crippen molar-refractivity contribution < 1.29 is 17.9 Å². The molecule has 0 aromatic heterocycles. The number of ether oxygens (including phenoxy) is 1. The summed E-state index contributed by atoms with van der Waals surface area (Å²) in [6, 6.07) is 20.9. The Morgan fingerprint density at radius 3 is 2.29 bits per heavy atom. The number of sulfonamides is 1. The molecule has 6 nitrogen and oxygen atoms in total. The topological polar surface area (TPSA) is 75.7 Å². The van der Waals surface area contributed by atoms with Gasteiger partial charge in [0, 0.05) is 16.5 Å². The summed E-state index contributed by atoms with van der Waals surface area (Å²) < 4.78 is 33.5. The predicted molar refractivity (Wildman–Crippen MR) is 143 cm³/mol. The van der Waals surface area contributed by atoms with Gasteiger partial charge in [0.25, 0.3) is 10.0 Å². The molecule has 3 rings (SSSR count). The minimum atomic E-state index is -3.97. The van der Waals surface area contributed by atoms with E-state index in [0.29, 0.717) is 29.6 Å². The molecule has 0 aliphatic carbocycles. The summed E-state index contributed by atoms with van der Waals surface area (Å²) >= 11 is 7.58. The van der Waals surface area contributed by atoms with E-state index in [1.54, 1.807) is 36.0 Å². The van der Waals surface area contributed by atoms with Gasteiger partial charge in [0.05, 0.1) is 17.2 Å². The summed E-state index contributed by atoms with van der Waals surface area (Å²) in [6.07, 6.45) is 0.745. The molecule has 0 aliphatic rings. The molecule has 3 aromatic carbocycles. The Morgan fingerprint density at radius 2 is 1.66 bits per heavy atom. The molecule has 0 atom stereocenters. The van der Waals surface area contributed by atoms with Crippen molar-refractivity contribution in [2.45, 2.75) is 30.1 Å². The molecule has 0 saturated heterocycles. The second-order valence-electron chi connectivity index (χ2n) is 7.76. The zero-order valence-corrected chi connectivity index (χ0v) is 22.1. The lowest BCUT2D eigenvalue weighted by Gasteiger charge is -2.24. The molecule has 0 bridgehead atoms. The summed E-state index contributed by atoms with van der Waals surface area (Å²) in [6.45, 7) is 4.40. The molecule has 3 aromatic rings. The number of halogens is 1. The van der Waals surface area contributed by atoms with E-state index < -0.39 is 10.0 Å². The molecule has 1 amide bonds. The van der Waals surface area contributed by atoms with Gasteiger partial charge in [-0.1, -0.05) is 29.3 Å². The van der Waals surface area contributed by atoms with E-state index in [1.165, 1.54) is 12.1 Å². The van der Waals surface area contributed by atoms with E-state index >= 15 is 0 Å². The summed E-state index contributed by atoms with van der Waals surface area (Å²) in [5.41, 5.74) is 1.42. The fraction of sp³-hybridized carbons (Fsp3) is 0.269. The number of benzene rings is 3. The van der Waals surface area contributed by atoms with Crippen LogP contribution in [0.2, 0.25) is 5.02 Å². The third kappa shape index (κ3) is 7.92. The number of nitrogens with one attached hydrogen (secondary N) is 1. The Kier molecular flexibility index (Phi) is 9.89. The summed E-state index contributed by atoms with van der Waals surface area (Å²) in [5, 5.41) is 3.53. The number of aryl methyl sites for hydroxylation is 1. The van der Waals surface area contributed by atoms with Gasteiger partial charge in [-0.05, 0) is 86.7 Å². The number of carbonyl (C=O) groups excluding carboxylic acids is 1. The molecule has 35 heavy (non-hydrogen) atoms. The first-order valence-corrected chi connectivity index (χ1v) is 14.1. The fourth-order valence-electron chi connectivity index (χ4n) is 3.23. The average Bonchev–Trinajstić information content (AvgIpc) is 2.85. The van der Waals surface area contributed by atoms with E-state index in [4.69, 9.17) is 16.3 Å². The van der Waals surface area contributed by atoms with Crippen LogP contribution < -0.4 is 14.4 Å². The first-order chi connectivity index (χ1) is 16.8. The highest BCUT2D eigenvalue weighted by Gasteiger charge is 2.27. The van der Waals surface area contributed by atoms with Crippen LogP contribution in [-0.2, 0) is 14.8 Å². The SMILES string of the molecule is CCOc1ccc(S(=O)(=O)N(CC(=O)NCCCSc2ccc(Cl)cc2)c2ccc(C)cc2)cc1. The lowest BCUT2D eigenvalue weighted by Crippen LogP contribution is -2.41. The average molecular weight is 533 g/mol. The van der Waals surface area contributed by atoms with Gasteiger partial charge in [0.15, 0.2) is 0 Å². The van der Waals surface area contributed by atoms with E-state index in [0.717, 1.165) is 26.9 Å². The Balaban J connectivity index is 1.64. The molecular weight excluding hydrogens is 504 g/mol. The van der Waals surface area contributed by atoms with Crippen LogP contribution in [0.5, 0.6) is 5.75 Å². The van der Waals surface area contributed by atoms with Gasteiger partial charge >= 0.3 is 0 Å². The lowest BCUT2D eigenvalue weighted by molar-refractivity contribution is -0.119. The number of thioether (sulfide) groups is 1. The van der Waals surface area contributed by atoms with E-state index in [9.17, 15) is 13.2 Å². The Bertz CT molecular complexity index is 1200. The molecule has 0 saturated carbocycles. The number of hydrogen-bond donors (Lipinski definition) is 1.